The number of carbonyl (C=O) groups is 2. The molecule has 0 unspecified atom stereocenters. The molecule has 1 N–H and O–H groups in total. The fraction of sp³-hybridized carbons (Fsp3) is 0.458. The minimum Gasteiger partial charge on any atom is -0.394 e. The predicted molar refractivity (Wildman–Crippen MR) is 114 cm³/mol. The number of pyridine rings is 1. The first-order valence-corrected chi connectivity index (χ1v) is 11.0. The Morgan fingerprint density at radius 3 is 2.58 bits per heavy atom. The van der Waals surface area contributed by atoms with Crippen LogP contribution in [-0.4, -0.2) is 76.7 Å². The van der Waals surface area contributed by atoms with Gasteiger partial charge >= 0.3 is 0 Å². The van der Waals surface area contributed by atoms with Gasteiger partial charge in [0.2, 0.25) is 11.8 Å². The van der Waals surface area contributed by atoms with Gasteiger partial charge in [0.25, 0.3) is 0 Å². The number of piperazine rings is 1. The summed E-state index contributed by atoms with van der Waals surface area (Å²) in [6, 6.07) is 11.8. The summed E-state index contributed by atoms with van der Waals surface area (Å²) >= 11 is 0. The zero-order chi connectivity index (χ0) is 21.4. The highest BCUT2D eigenvalue weighted by molar-refractivity contribution is 5.88. The van der Waals surface area contributed by atoms with Gasteiger partial charge in [-0.1, -0.05) is 30.3 Å². The van der Waals surface area contributed by atoms with Crippen molar-refractivity contribution in [2.45, 2.75) is 30.8 Å². The molecular formula is C24H27N3O4. The van der Waals surface area contributed by atoms with Gasteiger partial charge in [0.05, 0.1) is 25.2 Å². The third-order valence-electron chi connectivity index (χ3n) is 6.92. The summed E-state index contributed by atoms with van der Waals surface area (Å²) in [5.74, 6) is -0.0467. The van der Waals surface area contributed by atoms with Crippen molar-refractivity contribution in [3.63, 3.8) is 0 Å². The Morgan fingerprint density at radius 1 is 1.13 bits per heavy atom. The monoisotopic (exact) mass is 421 g/mol. The second-order valence-electron chi connectivity index (χ2n) is 8.61. The summed E-state index contributed by atoms with van der Waals surface area (Å²) in [5, 5.41) is 9.99. The summed E-state index contributed by atoms with van der Waals surface area (Å²) < 4.78 is 5.38. The molecule has 0 bridgehead atoms. The van der Waals surface area contributed by atoms with E-state index in [4.69, 9.17) is 4.74 Å². The van der Waals surface area contributed by atoms with Crippen molar-refractivity contribution in [1.29, 1.82) is 0 Å². The van der Waals surface area contributed by atoms with E-state index in [1.54, 1.807) is 16.0 Å². The van der Waals surface area contributed by atoms with Crippen LogP contribution in [0.25, 0.3) is 11.1 Å². The van der Waals surface area contributed by atoms with Crippen molar-refractivity contribution in [3.8, 4) is 11.1 Å². The Labute approximate surface area is 181 Å². The fourth-order valence-electron chi connectivity index (χ4n) is 5.30. The van der Waals surface area contributed by atoms with Gasteiger partial charge in [-0.25, -0.2) is 0 Å². The highest BCUT2D eigenvalue weighted by Gasteiger charge is 2.54. The van der Waals surface area contributed by atoms with Crippen molar-refractivity contribution >= 4 is 11.8 Å². The lowest BCUT2D eigenvalue weighted by Crippen LogP contribution is -2.73. The molecular weight excluding hydrogens is 394 g/mol. The van der Waals surface area contributed by atoms with E-state index in [0.29, 0.717) is 19.8 Å². The van der Waals surface area contributed by atoms with Gasteiger partial charge < -0.3 is 19.6 Å². The normalized spacial score (nSPS) is 26.4. The van der Waals surface area contributed by atoms with Crippen LogP contribution >= 0.6 is 0 Å². The summed E-state index contributed by atoms with van der Waals surface area (Å²) in [6.07, 6.45) is 5.02. The highest BCUT2D eigenvalue weighted by Crippen LogP contribution is 2.43. The second kappa shape index (κ2) is 8.40. The van der Waals surface area contributed by atoms with E-state index in [1.165, 1.54) is 0 Å². The number of ether oxygens (including phenoxy) is 1. The van der Waals surface area contributed by atoms with Gasteiger partial charge in [0.15, 0.2) is 0 Å². The molecule has 5 rings (SSSR count). The van der Waals surface area contributed by atoms with Gasteiger partial charge in [-0.2, -0.15) is 0 Å². The summed E-state index contributed by atoms with van der Waals surface area (Å²) in [4.78, 5) is 33.5. The Kier molecular flexibility index (Phi) is 5.46. The number of hydrogen-bond donors (Lipinski definition) is 1. The zero-order valence-corrected chi connectivity index (χ0v) is 17.4. The van der Waals surface area contributed by atoms with E-state index in [1.807, 2.05) is 18.3 Å². The second-order valence-corrected chi connectivity index (χ2v) is 8.61. The Bertz CT molecular complexity index is 943. The zero-order valence-electron chi connectivity index (χ0n) is 17.4. The maximum atomic E-state index is 13.0. The molecule has 2 amide bonds. The van der Waals surface area contributed by atoms with Crippen molar-refractivity contribution in [1.82, 2.24) is 14.8 Å². The van der Waals surface area contributed by atoms with Crippen LogP contribution in [0.2, 0.25) is 0 Å². The number of carbonyl (C=O) groups excluding carboxylic acids is 2. The molecule has 0 radical (unpaired) electrons. The SMILES string of the molecule is O=C(C1CCOCC1)N1CC(=O)N2[C@H](C1)[C@@H](c1ccc(-c3cccnc3)cc1)[C@@H]2CO. The van der Waals surface area contributed by atoms with Gasteiger partial charge in [0.1, 0.15) is 0 Å². The molecule has 7 heteroatoms. The van der Waals surface area contributed by atoms with Crippen LogP contribution in [0.5, 0.6) is 0 Å². The van der Waals surface area contributed by atoms with E-state index in [2.05, 4.69) is 29.2 Å². The molecule has 0 saturated carbocycles. The van der Waals surface area contributed by atoms with Crippen molar-refractivity contribution in [2.24, 2.45) is 5.92 Å². The molecule has 4 heterocycles. The molecule has 1 aromatic carbocycles. The van der Waals surface area contributed by atoms with E-state index in [0.717, 1.165) is 29.5 Å². The molecule has 3 atom stereocenters. The van der Waals surface area contributed by atoms with Crippen molar-refractivity contribution in [2.75, 3.05) is 32.9 Å². The number of aliphatic hydroxyl groups excluding tert-OH is 1. The maximum Gasteiger partial charge on any atom is 0.242 e. The third-order valence-corrected chi connectivity index (χ3v) is 6.92. The molecule has 162 valence electrons. The van der Waals surface area contributed by atoms with E-state index in [-0.39, 0.29) is 48.9 Å². The van der Waals surface area contributed by atoms with E-state index >= 15 is 0 Å². The molecule has 3 aliphatic rings. The number of aromatic nitrogens is 1. The minimum absolute atomic E-state index is 0.0159. The summed E-state index contributed by atoms with van der Waals surface area (Å²) in [7, 11) is 0. The molecule has 1 aromatic heterocycles. The van der Waals surface area contributed by atoms with Gasteiger partial charge in [-0.3, -0.25) is 14.6 Å². The molecule has 0 aliphatic carbocycles. The largest absolute Gasteiger partial charge is 0.394 e. The highest BCUT2D eigenvalue weighted by atomic mass is 16.5. The first kappa shape index (κ1) is 20.2. The lowest BCUT2D eigenvalue weighted by Gasteiger charge is -2.59. The molecule has 2 aromatic rings. The number of aliphatic hydroxyl groups is 1. The first-order valence-electron chi connectivity index (χ1n) is 11.0. The molecule has 3 fully saturated rings. The Hall–Kier alpha value is -2.77. The van der Waals surface area contributed by atoms with Gasteiger partial charge in [-0.15, -0.1) is 0 Å². The maximum absolute atomic E-state index is 13.0. The van der Waals surface area contributed by atoms with Crippen LogP contribution in [0.15, 0.2) is 48.8 Å². The average Bonchev–Trinajstić information content (AvgIpc) is 2.81. The van der Waals surface area contributed by atoms with Crippen molar-refractivity contribution < 1.29 is 19.4 Å². The lowest BCUT2D eigenvalue weighted by atomic mass is 9.73. The molecule has 0 spiro atoms. The van der Waals surface area contributed by atoms with Crippen LogP contribution in [-0.2, 0) is 14.3 Å². The van der Waals surface area contributed by atoms with E-state index in [9.17, 15) is 14.7 Å². The van der Waals surface area contributed by atoms with Crippen LogP contribution in [0, 0.1) is 5.92 Å². The van der Waals surface area contributed by atoms with Crippen molar-refractivity contribution in [3.05, 3.63) is 54.4 Å². The molecule has 3 saturated heterocycles. The predicted octanol–water partition coefficient (Wildman–Crippen LogP) is 1.67. The van der Waals surface area contributed by atoms with Crippen LogP contribution in [0.4, 0.5) is 0 Å². The number of fused-ring (bicyclic) bond motifs is 1. The minimum atomic E-state index is -0.234. The summed E-state index contributed by atoms with van der Waals surface area (Å²) in [5.41, 5.74) is 3.20. The van der Waals surface area contributed by atoms with Crippen LogP contribution < -0.4 is 0 Å². The van der Waals surface area contributed by atoms with Crippen LogP contribution in [0.3, 0.4) is 0 Å². The molecule has 3 aliphatic heterocycles. The number of nitrogens with zero attached hydrogens (tertiary/aromatic N) is 3. The Balaban J connectivity index is 1.35. The van der Waals surface area contributed by atoms with Crippen LogP contribution in [0.1, 0.15) is 24.3 Å². The number of rotatable bonds is 4. The standard InChI is InChI=1S/C24H27N3O4/c28-15-21-23(17-5-3-16(4-6-17)19-2-1-9-25-12-19)20-13-26(14-22(29)27(20)21)24(30)18-7-10-31-11-8-18/h1-6,9,12,18,20-21,23,28H,7-8,10-11,13-15H2/t20-,21+,23-/m1/s1. The molecule has 31 heavy (non-hydrogen) atoms. The lowest BCUT2D eigenvalue weighted by molar-refractivity contribution is -0.169. The number of amides is 2. The first-order chi connectivity index (χ1) is 15.2. The molecule has 7 nitrogen and oxygen atoms in total. The third kappa shape index (κ3) is 3.62. The smallest absolute Gasteiger partial charge is 0.242 e. The fourth-order valence-corrected chi connectivity index (χ4v) is 5.30. The van der Waals surface area contributed by atoms with Gasteiger partial charge in [0, 0.05) is 44.0 Å². The van der Waals surface area contributed by atoms with E-state index < -0.39 is 0 Å². The quantitative estimate of drug-likeness (QED) is 0.812. The summed E-state index contributed by atoms with van der Waals surface area (Å²) in [6.45, 7) is 1.76. The van der Waals surface area contributed by atoms with Gasteiger partial charge in [-0.05, 0) is 35.6 Å². The topological polar surface area (TPSA) is 83.0 Å². The Morgan fingerprint density at radius 2 is 1.90 bits per heavy atom. The number of hydrogen-bond acceptors (Lipinski definition) is 5. The number of benzene rings is 1. The average molecular weight is 421 g/mol.